The standard InChI is InChI=1S/C13H16/c1-2-3-6-11-9-10-12-7-4-5-8-13(11)12/h4,7-10H,2-3,5-6H2,1H3. The summed E-state index contributed by atoms with van der Waals surface area (Å²) in [5.41, 5.74) is 4.45. The Morgan fingerprint density at radius 3 is 3.08 bits per heavy atom. The van der Waals surface area contributed by atoms with Crippen molar-refractivity contribution in [2.75, 3.05) is 0 Å². The first-order chi connectivity index (χ1) is 6.42. The van der Waals surface area contributed by atoms with Crippen molar-refractivity contribution >= 4 is 0 Å². The van der Waals surface area contributed by atoms with Crippen molar-refractivity contribution in [1.82, 2.24) is 0 Å². The molecule has 68 valence electrons. The number of unbranched alkanes of at least 4 members (excludes halogenated alkanes) is 1. The minimum atomic E-state index is 1.11. The molecule has 0 heteroatoms. The number of allylic oxidation sites excluding steroid dienone is 8. The zero-order chi connectivity index (χ0) is 9.10. The Bertz CT molecular complexity index is 311. The first-order valence-electron chi connectivity index (χ1n) is 5.20. The van der Waals surface area contributed by atoms with Crippen molar-refractivity contribution in [1.29, 1.82) is 0 Å². The second-order valence-corrected chi connectivity index (χ2v) is 3.67. The minimum Gasteiger partial charge on any atom is -0.0801 e. The third kappa shape index (κ3) is 1.67. The smallest absolute Gasteiger partial charge is 0.0157 e. The van der Waals surface area contributed by atoms with Crippen molar-refractivity contribution in [2.45, 2.75) is 32.6 Å². The summed E-state index contributed by atoms with van der Waals surface area (Å²) < 4.78 is 0. The first kappa shape index (κ1) is 8.55. The SMILES string of the molecule is CCCCC1=CC=C2C=CCC=C21. The van der Waals surface area contributed by atoms with E-state index >= 15 is 0 Å². The molecular weight excluding hydrogens is 156 g/mol. The van der Waals surface area contributed by atoms with E-state index in [-0.39, 0.29) is 0 Å². The van der Waals surface area contributed by atoms with E-state index in [1.54, 1.807) is 5.57 Å². The second kappa shape index (κ2) is 3.78. The summed E-state index contributed by atoms with van der Waals surface area (Å²) in [4.78, 5) is 0. The van der Waals surface area contributed by atoms with Gasteiger partial charge in [-0.05, 0) is 36.0 Å². The van der Waals surface area contributed by atoms with E-state index in [0.29, 0.717) is 0 Å². The molecule has 0 saturated carbocycles. The van der Waals surface area contributed by atoms with Crippen LogP contribution in [0, 0.1) is 0 Å². The molecule has 0 heterocycles. The quantitative estimate of drug-likeness (QED) is 0.605. The van der Waals surface area contributed by atoms with Gasteiger partial charge in [-0.2, -0.15) is 0 Å². The zero-order valence-corrected chi connectivity index (χ0v) is 8.22. The molecular formula is C13H16. The molecule has 2 aliphatic carbocycles. The molecule has 0 aromatic rings. The average molecular weight is 172 g/mol. The summed E-state index contributed by atoms with van der Waals surface area (Å²) in [6.07, 6.45) is 16.3. The largest absolute Gasteiger partial charge is 0.0801 e. The predicted molar refractivity (Wildman–Crippen MR) is 57.5 cm³/mol. The van der Waals surface area contributed by atoms with Crippen LogP contribution in [0.15, 0.2) is 47.1 Å². The molecule has 0 atom stereocenters. The Morgan fingerprint density at radius 2 is 2.23 bits per heavy atom. The molecule has 0 radical (unpaired) electrons. The van der Waals surface area contributed by atoms with Crippen LogP contribution >= 0.6 is 0 Å². The lowest BCUT2D eigenvalue weighted by Crippen LogP contribution is -1.91. The highest BCUT2D eigenvalue weighted by molar-refractivity contribution is 5.60. The molecule has 0 amide bonds. The van der Waals surface area contributed by atoms with Crippen molar-refractivity contribution in [3.05, 3.63) is 47.1 Å². The van der Waals surface area contributed by atoms with Crippen LogP contribution < -0.4 is 0 Å². The fourth-order valence-corrected chi connectivity index (χ4v) is 1.92. The van der Waals surface area contributed by atoms with Gasteiger partial charge in [0.2, 0.25) is 0 Å². The maximum atomic E-state index is 2.35. The molecule has 0 nitrogen and oxygen atoms in total. The van der Waals surface area contributed by atoms with E-state index in [9.17, 15) is 0 Å². The number of fused-ring (bicyclic) bond motifs is 1. The zero-order valence-electron chi connectivity index (χ0n) is 8.22. The van der Waals surface area contributed by atoms with Crippen LogP contribution in [-0.4, -0.2) is 0 Å². The third-order valence-electron chi connectivity index (χ3n) is 2.68. The fourth-order valence-electron chi connectivity index (χ4n) is 1.92. The molecule has 0 N–H and O–H groups in total. The highest BCUT2D eigenvalue weighted by atomic mass is 14.2. The summed E-state index contributed by atoms with van der Waals surface area (Å²) in [6.45, 7) is 2.25. The molecule has 13 heavy (non-hydrogen) atoms. The van der Waals surface area contributed by atoms with Crippen molar-refractivity contribution < 1.29 is 0 Å². The normalized spacial score (nSPS) is 19.3. The van der Waals surface area contributed by atoms with Gasteiger partial charge in [-0.25, -0.2) is 0 Å². The van der Waals surface area contributed by atoms with Gasteiger partial charge in [-0.3, -0.25) is 0 Å². The van der Waals surface area contributed by atoms with Gasteiger partial charge in [-0.1, -0.05) is 43.7 Å². The molecule has 0 fully saturated rings. The summed E-state index contributed by atoms with van der Waals surface area (Å²) in [7, 11) is 0. The van der Waals surface area contributed by atoms with Crippen LogP contribution in [0.3, 0.4) is 0 Å². The Hall–Kier alpha value is -1.04. The topological polar surface area (TPSA) is 0 Å². The summed E-state index contributed by atoms with van der Waals surface area (Å²) in [5, 5.41) is 0. The molecule has 0 aromatic heterocycles. The monoisotopic (exact) mass is 172 g/mol. The predicted octanol–water partition coefficient (Wildman–Crippen LogP) is 3.93. The van der Waals surface area contributed by atoms with E-state index in [2.05, 4.69) is 37.3 Å². The maximum Gasteiger partial charge on any atom is -0.0157 e. The Balaban J connectivity index is 2.07. The Morgan fingerprint density at radius 1 is 1.31 bits per heavy atom. The number of rotatable bonds is 3. The van der Waals surface area contributed by atoms with Gasteiger partial charge in [0.1, 0.15) is 0 Å². The third-order valence-corrected chi connectivity index (χ3v) is 2.68. The van der Waals surface area contributed by atoms with E-state index in [1.807, 2.05) is 0 Å². The lowest BCUT2D eigenvalue weighted by Gasteiger charge is -2.10. The van der Waals surface area contributed by atoms with Gasteiger partial charge in [0.15, 0.2) is 0 Å². The van der Waals surface area contributed by atoms with Gasteiger partial charge in [0, 0.05) is 0 Å². The molecule has 0 unspecified atom stereocenters. The summed E-state index contributed by atoms with van der Waals surface area (Å²) in [6, 6.07) is 0. The summed E-state index contributed by atoms with van der Waals surface area (Å²) >= 11 is 0. The summed E-state index contributed by atoms with van der Waals surface area (Å²) in [5.74, 6) is 0. The molecule has 2 aliphatic rings. The molecule has 2 rings (SSSR count). The van der Waals surface area contributed by atoms with Crippen LogP contribution in [0.1, 0.15) is 32.6 Å². The van der Waals surface area contributed by atoms with Crippen LogP contribution in [0.2, 0.25) is 0 Å². The van der Waals surface area contributed by atoms with Crippen molar-refractivity contribution in [3.63, 3.8) is 0 Å². The van der Waals surface area contributed by atoms with Crippen LogP contribution in [0.4, 0.5) is 0 Å². The molecule has 0 aromatic carbocycles. The molecule has 0 bridgehead atoms. The van der Waals surface area contributed by atoms with Crippen LogP contribution in [0.25, 0.3) is 0 Å². The molecule has 0 saturated heterocycles. The van der Waals surface area contributed by atoms with Crippen LogP contribution in [0.5, 0.6) is 0 Å². The lowest BCUT2D eigenvalue weighted by molar-refractivity contribution is 0.794. The maximum absolute atomic E-state index is 2.35. The van der Waals surface area contributed by atoms with Crippen LogP contribution in [-0.2, 0) is 0 Å². The van der Waals surface area contributed by atoms with Crippen molar-refractivity contribution in [3.8, 4) is 0 Å². The molecule has 0 aliphatic heterocycles. The van der Waals surface area contributed by atoms with Crippen molar-refractivity contribution in [2.24, 2.45) is 0 Å². The van der Waals surface area contributed by atoms with Gasteiger partial charge in [-0.15, -0.1) is 0 Å². The molecule has 0 spiro atoms. The number of hydrogen-bond donors (Lipinski definition) is 0. The minimum absolute atomic E-state index is 1.11. The van der Waals surface area contributed by atoms with E-state index in [0.717, 1.165) is 6.42 Å². The van der Waals surface area contributed by atoms with E-state index < -0.39 is 0 Å². The first-order valence-corrected chi connectivity index (χ1v) is 5.20. The van der Waals surface area contributed by atoms with Gasteiger partial charge in [0.05, 0.1) is 0 Å². The Kier molecular flexibility index (Phi) is 2.49. The van der Waals surface area contributed by atoms with E-state index in [4.69, 9.17) is 0 Å². The highest BCUT2D eigenvalue weighted by Gasteiger charge is 2.13. The Labute approximate surface area is 80.3 Å². The highest BCUT2D eigenvalue weighted by Crippen LogP contribution is 2.32. The lowest BCUT2D eigenvalue weighted by atomic mass is 9.95. The number of hydrogen-bond acceptors (Lipinski definition) is 0. The second-order valence-electron chi connectivity index (χ2n) is 3.67. The van der Waals surface area contributed by atoms with Gasteiger partial charge >= 0.3 is 0 Å². The average Bonchev–Trinajstić information content (AvgIpc) is 2.58. The van der Waals surface area contributed by atoms with Gasteiger partial charge in [0.25, 0.3) is 0 Å². The van der Waals surface area contributed by atoms with Gasteiger partial charge < -0.3 is 0 Å². The van der Waals surface area contributed by atoms with E-state index in [1.165, 1.54) is 30.4 Å². The fraction of sp³-hybridized carbons (Fsp3) is 0.385.